The molecule has 0 aliphatic carbocycles. The molecule has 1 heterocycles. The zero-order chi connectivity index (χ0) is 17.9. The Balaban J connectivity index is 1.85. The Morgan fingerprint density at radius 2 is 2.04 bits per heavy atom. The summed E-state index contributed by atoms with van der Waals surface area (Å²) in [6.07, 6.45) is -0.367. The summed E-state index contributed by atoms with van der Waals surface area (Å²) in [4.78, 5) is 0. The van der Waals surface area contributed by atoms with Gasteiger partial charge in [0.25, 0.3) is 0 Å². The summed E-state index contributed by atoms with van der Waals surface area (Å²) in [5.41, 5.74) is 1.47. The highest BCUT2D eigenvalue weighted by atomic mass is 16.5. The topological polar surface area (TPSA) is 88.0 Å². The van der Waals surface area contributed by atoms with E-state index in [-0.39, 0.29) is 24.2 Å². The van der Waals surface area contributed by atoms with Crippen LogP contribution in [0.25, 0.3) is 0 Å². The molecular formula is C18H29N2O4-. The fourth-order valence-electron chi connectivity index (χ4n) is 3.08. The Kier molecular flexibility index (Phi) is 6.09. The molecule has 6 heteroatoms. The normalized spacial score (nSPS) is 19.7. The van der Waals surface area contributed by atoms with Gasteiger partial charge < -0.3 is 30.5 Å². The lowest BCUT2D eigenvalue weighted by atomic mass is 9.87. The molecule has 1 aromatic rings. The van der Waals surface area contributed by atoms with Crippen LogP contribution in [-0.2, 0) is 5.41 Å². The number of aliphatic hydroxyl groups excluding tert-OH is 2. The Bertz CT molecular complexity index is 548. The minimum absolute atomic E-state index is 0.128. The molecule has 3 atom stereocenters. The van der Waals surface area contributed by atoms with Crippen molar-refractivity contribution in [1.82, 2.24) is 5.32 Å². The van der Waals surface area contributed by atoms with E-state index >= 15 is 0 Å². The molecule has 24 heavy (non-hydrogen) atoms. The fraction of sp³-hybridized carbons (Fsp3) is 0.667. The van der Waals surface area contributed by atoms with Crippen molar-refractivity contribution in [2.45, 2.75) is 57.8 Å². The highest BCUT2D eigenvalue weighted by molar-refractivity contribution is 5.64. The molecule has 0 radical (unpaired) electrons. The lowest BCUT2D eigenvalue weighted by Gasteiger charge is -2.27. The summed E-state index contributed by atoms with van der Waals surface area (Å²) in [5, 5.41) is 35.4. The molecule has 0 spiro atoms. The predicted octanol–water partition coefficient (Wildman–Crippen LogP) is 1.77. The van der Waals surface area contributed by atoms with E-state index in [1.165, 1.54) is 0 Å². The Morgan fingerprint density at radius 3 is 2.71 bits per heavy atom. The molecule has 0 saturated carbocycles. The first-order valence-corrected chi connectivity index (χ1v) is 8.50. The van der Waals surface area contributed by atoms with Crippen LogP contribution < -0.4 is 15.1 Å². The van der Waals surface area contributed by atoms with Crippen LogP contribution in [0.1, 0.15) is 39.7 Å². The van der Waals surface area contributed by atoms with Gasteiger partial charge in [0, 0.05) is 30.2 Å². The van der Waals surface area contributed by atoms with Crippen molar-refractivity contribution in [2.75, 3.05) is 24.8 Å². The largest absolute Gasteiger partial charge is 0.758 e. The second kappa shape index (κ2) is 7.70. The molecule has 1 aliphatic rings. The minimum atomic E-state index is -0.640. The van der Waals surface area contributed by atoms with Gasteiger partial charge in [-0.1, -0.05) is 13.8 Å². The number of hydrogen-bond acceptors (Lipinski definition) is 6. The van der Waals surface area contributed by atoms with Crippen molar-refractivity contribution in [3.63, 3.8) is 0 Å². The van der Waals surface area contributed by atoms with Gasteiger partial charge in [0.2, 0.25) is 0 Å². The number of benzene rings is 1. The molecule has 0 aromatic heterocycles. The fourth-order valence-corrected chi connectivity index (χ4v) is 3.08. The van der Waals surface area contributed by atoms with Gasteiger partial charge >= 0.3 is 0 Å². The van der Waals surface area contributed by atoms with E-state index in [4.69, 9.17) is 4.74 Å². The monoisotopic (exact) mass is 337 g/mol. The molecular weight excluding hydrogens is 308 g/mol. The van der Waals surface area contributed by atoms with Crippen LogP contribution in [-0.4, -0.2) is 48.2 Å². The van der Waals surface area contributed by atoms with Gasteiger partial charge in [0.15, 0.2) is 0 Å². The second-order valence-corrected chi connectivity index (χ2v) is 7.46. The van der Waals surface area contributed by atoms with Crippen molar-refractivity contribution < 1.29 is 14.9 Å². The molecule has 3 N–H and O–H groups in total. The van der Waals surface area contributed by atoms with E-state index in [0.717, 1.165) is 10.6 Å². The Labute approximate surface area is 144 Å². The van der Waals surface area contributed by atoms with Gasteiger partial charge in [-0.2, -0.15) is 0 Å². The summed E-state index contributed by atoms with van der Waals surface area (Å²) >= 11 is 0. The maximum atomic E-state index is 11.9. The van der Waals surface area contributed by atoms with Crippen molar-refractivity contribution in [2.24, 2.45) is 0 Å². The van der Waals surface area contributed by atoms with E-state index in [2.05, 4.69) is 5.32 Å². The molecule has 0 amide bonds. The molecule has 1 aliphatic heterocycles. The van der Waals surface area contributed by atoms with Gasteiger partial charge in [-0.25, -0.2) is 0 Å². The molecule has 0 bridgehead atoms. The quantitative estimate of drug-likeness (QED) is 0.670. The van der Waals surface area contributed by atoms with Crippen molar-refractivity contribution in [3.8, 4) is 5.75 Å². The van der Waals surface area contributed by atoms with E-state index in [1.807, 2.05) is 26.8 Å². The van der Waals surface area contributed by atoms with Gasteiger partial charge in [-0.15, -0.1) is 0 Å². The smallest absolute Gasteiger partial charge is 0.119 e. The van der Waals surface area contributed by atoms with E-state index in [1.54, 1.807) is 19.1 Å². The van der Waals surface area contributed by atoms with E-state index < -0.39 is 6.10 Å². The van der Waals surface area contributed by atoms with E-state index in [9.17, 15) is 15.4 Å². The first-order chi connectivity index (χ1) is 11.2. The lowest BCUT2D eigenvalue weighted by molar-refractivity contribution is 0.100. The highest BCUT2D eigenvalue weighted by Gasteiger charge is 2.31. The molecule has 6 nitrogen and oxygen atoms in total. The summed E-state index contributed by atoms with van der Waals surface area (Å²) in [6, 6.07) is 5.57. The number of fused-ring (bicyclic) bond motifs is 1. The third-order valence-electron chi connectivity index (χ3n) is 4.34. The molecule has 2 rings (SSSR count). The summed E-state index contributed by atoms with van der Waals surface area (Å²) in [6.45, 7) is 8.81. The van der Waals surface area contributed by atoms with Crippen molar-refractivity contribution >= 4 is 5.69 Å². The number of ether oxygens (including phenoxy) is 1. The summed E-state index contributed by atoms with van der Waals surface area (Å²) in [5.74, 6) is 0.660. The number of aliphatic hydroxyl groups is 2. The first kappa shape index (κ1) is 19.0. The summed E-state index contributed by atoms with van der Waals surface area (Å²) in [7, 11) is 0. The van der Waals surface area contributed by atoms with E-state index in [0.29, 0.717) is 30.9 Å². The zero-order valence-electron chi connectivity index (χ0n) is 15.0. The average molecular weight is 337 g/mol. The van der Waals surface area contributed by atoms with Gasteiger partial charge in [0.05, 0.1) is 6.10 Å². The van der Waals surface area contributed by atoms with Crippen molar-refractivity contribution in [3.05, 3.63) is 29.0 Å². The van der Waals surface area contributed by atoms with Crippen LogP contribution in [0.3, 0.4) is 0 Å². The minimum Gasteiger partial charge on any atom is -0.758 e. The SMILES string of the molecule is CC(O)CC(C)NCC(O)COc1ccc2c(c1)C(C)(C)CN2[O-]. The number of hydrogen-bond donors (Lipinski definition) is 3. The second-order valence-electron chi connectivity index (χ2n) is 7.46. The van der Waals surface area contributed by atoms with Crippen molar-refractivity contribution in [1.29, 1.82) is 0 Å². The predicted molar refractivity (Wildman–Crippen MR) is 95.4 cm³/mol. The first-order valence-electron chi connectivity index (χ1n) is 8.50. The number of hydroxylamine groups is 1. The molecule has 136 valence electrons. The van der Waals surface area contributed by atoms with Gasteiger partial charge in [-0.05, 0) is 44.0 Å². The lowest BCUT2D eigenvalue weighted by Crippen LogP contribution is -2.37. The van der Waals surface area contributed by atoms with Crippen LogP contribution in [0, 0.1) is 5.21 Å². The number of nitrogens with zero attached hydrogens (tertiary/aromatic N) is 1. The molecule has 0 saturated heterocycles. The van der Waals surface area contributed by atoms with Crippen LogP contribution in [0.2, 0.25) is 0 Å². The number of nitrogens with one attached hydrogen (secondary N) is 1. The van der Waals surface area contributed by atoms with Gasteiger partial charge in [0.1, 0.15) is 18.5 Å². The standard InChI is InChI=1S/C18H29N2O4/c1-12(7-13(2)21)19-9-14(22)10-24-15-5-6-17-16(8-15)18(3,4)11-20(17)23/h5-6,8,12-14,19,21-22H,7,9-11H2,1-4H3/q-1. The van der Waals surface area contributed by atoms with Crippen LogP contribution in [0.15, 0.2) is 18.2 Å². The highest BCUT2D eigenvalue weighted by Crippen LogP contribution is 2.41. The number of anilines is 1. The zero-order valence-corrected chi connectivity index (χ0v) is 15.0. The maximum Gasteiger partial charge on any atom is 0.119 e. The van der Waals surface area contributed by atoms with Crippen LogP contribution in [0.5, 0.6) is 5.75 Å². The van der Waals surface area contributed by atoms with Crippen LogP contribution in [0.4, 0.5) is 5.69 Å². The third kappa shape index (κ3) is 4.83. The third-order valence-corrected chi connectivity index (χ3v) is 4.34. The maximum absolute atomic E-state index is 11.9. The van der Waals surface area contributed by atoms with Crippen LogP contribution >= 0.6 is 0 Å². The molecule has 3 unspecified atom stereocenters. The van der Waals surface area contributed by atoms with Gasteiger partial charge in [-0.3, -0.25) is 0 Å². The Morgan fingerprint density at radius 1 is 1.33 bits per heavy atom. The molecule has 0 fully saturated rings. The molecule has 1 aromatic carbocycles. The number of rotatable bonds is 8. The average Bonchev–Trinajstić information content (AvgIpc) is 2.71. The summed E-state index contributed by atoms with van der Waals surface area (Å²) < 4.78 is 5.68. The Hall–Kier alpha value is -1.34.